The van der Waals surface area contributed by atoms with Crippen LogP contribution in [0, 0.1) is 0 Å². The van der Waals surface area contributed by atoms with E-state index in [1.165, 1.54) is 5.56 Å². The van der Waals surface area contributed by atoms with Crippen LogP contribution in [-0.4, -0.2) is 118 Å². The molecule has 9 nitrogen and oxygen atoms in total. The van der Waals surface area contributed by atoms with E-state index in [2.05, 4.69) is 41.7 Å². The van der Waals surface area contributed by atoms with Gasteiger partial charge in [-0.3, -0.25) is 24.5 Å². The van der Waals surface area contributed by atoms with E-state index in [0.717, 1.165) is 43.6 Å². The number of β-amino-alcohol motifs (C(OH)–C–C–N with tert-alkyl or cyclic N) is 1. The van der Waals surface area contributed by atoms with Gasteiger partial charge in [-0.25, -0.2) is 4.98 Å². The van der Waals surface area contributed by atoms with Gasteiger partial charge >= 0.3 is 0 Å². The lowest BCUT2D eigenvalue weighted by atomic mass is 9.98. The van der Waals surface area contributed by atoms with E-state index in [4.69, 9.17) is 23.2 Å². The summed E-state index contributed by atoms with van der Waals surface area (Å²) in [4.78, 5) is 33.3. The van der Waals surface area contributed by atoms with Gasteiger partial charge in [0.05, 0.1) is 12.7 Å². The molecule has 3 saturated heterocycles. The Morgan fingerprint density at radius 1 is 0.854 bits per heavy atom. The van der Waals surface area contributed by atoms with E-state index in [1.54, 1.807) is 42.9 Å². The normalized spacial score (nSPS) is 24.6. The highest BCUT2D eigenvalue weighted by molar-refractivity contribution is 6.30. The molecular formula is C30H35Cl2N7O2. The number of carbonyl (C=O) groups excluding carboxylic acids is 1. The molecule has 2 atom stereocenters. The molecule has 4 heterocycles. The number of aromatic nitrogens is 2. The van der Waals surface area contributed by atoms with Crippen molar-refractivity contribution in [1.29, 1.82) is 0 Å². The summed E-state index contributed by atoms with van der Waals surface area (Å²) in [6.07, 6.45) is 4.51. The standard InChI is InChI=1S/C30H35Cl2N7O2/c31-25-5-1-23(2-6-25)20-35-11-15-38(16-12-35)30(22-37(21-27(30)40)28-19-33-9-10-34-28)39-17-13-36(14-18-39)29(41)24-3-7-26(32)8-4-24/h1-10,19,27,40H,11-18,20-22H2. The number of halogens is 2. The van der Waals surface area contributed by atoms with Crippen molar-refractivity contribution in [2.75, 3.05) is 70.3 Å². The highest BCUT2D eigenvalue weighted by Crippen LogP contribution is 2.36. The van der Waals surface area contributed by atoms with Gasteiger partial charge < -0.3 is 14.9 Å². The minimum Gasteiger partial charge on any atom is -0.388 e. The molecule has 0 saturated carbocycles. The monoisotopic (exact) mass is 595 g/mol. The van der Waals surface area contributed by atoms with Crippen molar-refractivity contribution in [3.05, 3.63) is 88.3 Å². The number of hydrogen-bond donors (Lipinski definition) is 1. The Kier molecular flexibility index (Phi) is 8.44. The van der Waals surface area contributed by atoms with Crippen LogP contribution in [0.2, 0.25) is 10.0 Å². The molecule has 0 bridgehead atoms. The molecule has 1 N–H and O–H groups in total. The number of nitrogens with zero attached hydrogens (tertiary/aromatic N) is 7. The summed E-state index contributed by atoms with van der Waals surface area (Å²) in [6.45, 7) is 7.99. The van der Waals surface area contributed by atoms with Crippen molar-refractivity contribution < 1.29 is 9.90 Å². The third-order valence-electron chi connectivity index (χ3n) is 8.67. The van der Waals surface area contributed by atoms with Gasteiger partial charge in [0.2, 0.25) is 0 Å². The Hall–Kier alpha value is -2.79. The smallest absolute Gasteiger partial charge is 0.253 e. The molecule has 3 aromatic rings. The van der Waals surface area contributed by atoms with Crippen molar-refractivity contribution in [3.8, 4) is 0 Å². The fraction of sp³-hybridized carbons (Fsp3) is 0.433. The lowest BCUT2D eigenvalue weighted by molar-refractivity contribution is -0.131. The lowest BCUT2D eigenvalue weighted by Crippen LogP contribution is -2.72. The molecular weight excluding hydrogens is 561 g/mol. The predicted octanol–water partition coefficient (Wildman–Crippen LogP) is 2.94. The van der Waals surface area contributed by atoms with Crippen molar-refractivity contribution in [1.82, 2.24) is 29.6 Å². The maximum absolute atomic E-state index is 13.2. The minimum absolute atomic E-state index is 0.0133. The third kappa shape index (κ3) is 5.93. The second-order valence-electron chi connectivity index (χ2n) is 11.0. The Morgan fingerprint density at radius 2 is 1.46 bits per heavy atom. The van der Waals surface area contributed by atoms with Gasteiger partial charge in [0.15, 0.2) is 0 Å². The average molecular weight is 597 g/mol. The van der Waals surface area contributed by atoms with Crippen LogP contribution in [0.15, 0.2) is 67.1 Å². The van der Waals surface area contributed by atoms with Gasteiger partial charge in [-0.15, -0.1) is 0 Å². The summed E-state index contributed by atoms with van der Waals surface area (Å²) >= 11 is 12.1. The quantitative estimate of drug-likeness (QED) is 0.466. The number of rotatable bonds is 6. The van der Waals surface area contributed by atoms with Crippen LogP contribution in [0.1, 0.15) is 15.9 Å². The number of piperazine rings is 2. The summed E-state index contributed by atoms with van der Waals surface area (Å²) < 4.78 is 0. The zero-order valence-corrected chi connectivity index (χ0v) is 24.5. The molecule has 0 spiro atoms. The first-order chi connectivity index (χ1) is 19.9. The van der Waals surface area contributed by atoms with E-state index in [-0.39, 0.29) is 5.91 Å². The van der Waals surface area contributed by atoms with Crippen molar-refractivity contribution in [3.63, 3.8) is 0 Å². The molecule has 0 radical (unpaired) electrons. The average Bonchev–Trinajstić information content (AvgIpc) is 3.37. The first kappa shape index (κ1) is 28.3. The molecule has 3 fully saturated rings. The van der Waals surface area contributed by atoms with E-state index in [1.807, 2.05) is 17.0 Å². The zero-order chi connectivity index (χ0) is 28.4. The molecule has 6 rings (SSSR count). The zero-order valence-electron chi connectivity index (χ0n) is 22.9. The van der Waals surface area contributed by atoms with E-state index in [9.17, 15) is 9.90 Å². The number of carbonyl (C=O) groups is 1. The number of aliphatic hydroxyl groups is 1. The summed E-state index contributed by atoms with van der Waals surface area (Å²) in [7, 11) is 0. The molecule has 3 aliphatic rings. The Morgan fingerprint density at radius 3 is 2.07 bits per heavy atom. The van der Waals surface area contributed by atoms with Crippen LogP contribution < -0.4 is 4.90 Å². The molecule has 2 aromatic carbocycles. The summed E-state index contributed by atoms with van der Waals surface area (Å²) in [6, 6.07) is 15.1. The second-order valence-corrected chi connectivity index (χ2v) is 11.9. The van der Waals surface area contributed by atoms with Crippen molar-refractivity contribution in [2.24, 2.45) is 0 Å². The van der Waals surface area contributed by atoms with Crippen LogP contribution >= 0.6 is 23.2 Å². The van der Waals surface area contributed by atoms with Gasteiger partial charge in [0.25, 0.3) is 5.91 Å². The topological polar surface area (TPSA) is 79.3 Å². The second kappa shape index (κ2) is 12.2. The van der Waals surface area contributed by atoms with E-state index < -0.39 is 11.8 Å². The lowest BCUT2D eigenvalue weighted by Gasteiger charge is -2.54. The Labute approximate surface area is 250 Å². The molecule has 3 aliphatic heterocycles. The number of hydrogen-bond acceptors (Lipinski definition) is 8. The summed E-state index contributed by atoms with van der Waals surface area (Å²) in [5.74, 6) is 0.783. The summed E-state index contributed by atoms with van der Waals surface area (Å²) in [5, 5.41) is 13.2. The fourth-order valence-corrected chi connectivity index (χ4v) is 6.72. The van der Waals surface area contributed by atoms with Crippen LogP contribution in [0.5, 0.6) is 0 Å². The van der Waals surface area contributed by atoms with Gasteiger partial charge in [-0.1, -0.05) is 35.3 Å². The summed E-state index contributed by atoms with van der Waals surface area (Å²) in [5.41, 5.74) is 1.30. The minimum atomic E-state index is -0.606. The number of benzene rings is 2. The third-order valence-corrected chi connectivity index (χ3v) is 9.17. The van der Waals surface area contributed by atoms with Crippen molar-refractivity contribution >= 4 is 34.9 Å². The van der Waals surface area contributed by atoms with Gasteiger partial charge in [-0.2, -0.15) is 0 Å². The highest BCUT2D eigenvalue weighted by Gasteiger charge is 2.55. The van der Waals surface area contributed by atoms with Gasteiger partial charge in [0, 0.05) is 93.4 Å². The first-order valence-corrected chi connectivity index (χ1v) is 14.9. The molecule has 1 aromatic heterocycles. The number of aliphatic hydroxyl groups excluding tert-OH is 1. The van der Waals surface area contributed by atoms with Gasteiger partial charge in [-0.05, 0) is 42.0 Å². The SMILES string of the molecule is O=C(c1ccc(Cl)cc1)N1CCN(C2(N3CCN(Cc4ccc(Cl)cc4)CC3)CN(c3cnccn3)CC2O)CC1. The first-order valence-electron chi connectivity index (χ1n) is 14.1. The van der Waals surface area contributed by atoms with E-state index >= 15 is 0 Å². The Bertz CT molecular complexity index is 1310. The van der Waals surface area contributed by atoms with E-state index in [0.29, 0.717) is 49.9 Å². The van der Waals surface area contributed by atoms with Crippen LogP contribution in [0.4, 0.5) is 5.82 Å². The molecule has 11 heteroatoms. The molecule has 2 unspecified atom stereocenters. The van der Waals surface area contributed by atoms with Crippen LogP contribution in [0.3, 0.4) is 0 Å². The van der Waals surface area contributed by atoms with Crippen molar-refractivity contribution in [2.45, 2.75) is 18.3 Å². The number of anilines is 1. The molecule has 0 aliphatic carbocycles. The molecule has 1 amide bonds. The largest absolute Gasteiger partial charge is 0.388 e. The van der Waals surface area contributed by atoms with Gasteiger partial charge in [0.1, 0.15) is 17.6 Å². The molecule has 41 heavy (non-hydrogen) atoms. The van der Waals surface area contributed by atoms with Crippen LogP contribution in [-0.2, 0) is 6.54 Å². The Balaban J connectivity index is 1.18. The number of amides is 1. The highest BCUT2D eigenvalue weighted by atomic mass is 35.5. The fourth-order valence-electron chi connectivity index (χ4n) is 6.47. The van der Waals surface area contributed by atoms with Crippen LogP contribution in [0.25, 0.3) is 0 Å². The maximum atomic E-state index is 13.2. The maximum Gasteiger partial charge on any atom is 0.253 e. The predicted molar refractivity (Wildman–Crippen MR) is 160 cm³/mol. The molecule has 216 valence electrons.